The Morgan fingerprint density at radius 2 is 1.95 bits per heavy atom. The van der Waals surface area contributed by atoms with Crippen LogP contribution in [0.25, 0.3) is 0 Å². The number of hydrogen-bond acceptors (Lipinski definition) is 1. The summed E-state index contributed by atoms with van der Waals surface area (Å²) >= 11 is 5.76. The van der Waals surface area contributed by atoms with Gasteiger partial charge < -0.3 is 5.32 Å². The third kappa shape index (κ3) is 3.58. The largest absolute Gasteiger partial charge is 0.348 e. The second-order valence-electron chi connectivity index (χ2n) is 4.62. The van der Waals surface area contributed by atoms with Gasteiger partial charge in [-0.1, -0.05) is 35.9 Å². The predicted octanol–water partition coefficient (Wildman–Crippen LogP) is 3.80. The zero-order valence-corrected chi connectivity index (χ0v) is 11.9. The van der Waals surface area contributed by atoms with Crippen LogP contribution >= 0.6 is 11.6 Å². The van der Waals surface area contributed by atoms with Crippen LogP contribution in [0.5, 0.6) is 0 Å². The van der Waals surface area contributed by atoms with Crippen molar-refractivity contribution < 1.29 is 9.18 Å². The number of nitrogens with one attached hydrogen (secondary N) is 1. The van der Waals surface area contributed by atoms with Crippen LogP contribution in [-0.2, 0) is 12.4 Å². The molecule has 2 aromatic carbocycles. The highest BCUT2D eigenvalue weighted by atomic mass is 35.5. The van der Waals surface area contributed by atoms with E-state index in [0.717, 1.165) is 16.7 Å². The van der Waals surface area contributed by atoms with Crippen molar-refractivity contribution in [3.05, 3.63) is 70.5 Å². The second kappa shape index (κ2) is 6.53. The number of carbonyl (C=O) groups excluding carboxylic acids is 1. The minimum absolute atomic E-state index is 0.0681. The molecule has 0 aliphatic carbocycles. The molecular weight excluding hydrogens is 277 g/mol. The van der Waals surface area contributed by atoms with Crippen LogP contribution in [-0.4, -0.2) is 5.91 Å². The fraction of sp³-hybridized carbons (Fsp3) is 0.188. The molecule has 0 unspecified atom stereocenters. The van der Waals surface area contributed by atoms with Gasteiger partial charge in [0, 0.05) is 12.4 Å². The number of rotatable bonds is 4. The lowest BCUT2D eigenvalue weighted by molar-refractivity contribution is 0.0947. The normalized spacial score (nSPS) is 10.3. The molecule has 1 N–H and O–H groups in total. The summed E-state index contributed by atoms with van der Waals surface area (Å²) < 4.78 is 13.6. The lowest BCUT2D eigenvalue weighted by atomic mass is 10.1. The maximum absolute atomic E-state index is 13.6. The number of amides is 1. The summed E-state index contributed by atoms with van der Waals surface area (Å²) in [4.78, 5) is 12.0. The van der Waals surface area contributed by atoms with E-state index in [9.17, 15) is 9.18 Å². The molecule has 2 aromatic rings. The standard InChI is InChI=1S/C16H15ClFNO/c1-11-5-6-15(18)14(7-11)16(20)19-10-13-4-2-3-12(8-13)9-17/h2-8H,9-10H2,1H3,(H,19,20). The summed E-state index contributed by atoms with van der Waals surface area (Å²) in [5.74, 6) is -0.501. The number of hydrogen-bond donors (Lipinski definition) is 1. The molecule has 2 rings (SSSR count). The van der Waals surface area contributed by atoms with E-state index in [4.69, 9.17) is 11.6 Å². The summed E-state index contributed by atoms with van der Waals surface area (Å²) in [6.07, 6.45) is 0. The van der Waals surface area contributed by atoms with Gasteiger partial charge in [-0.2, -0.15) is 0 Å². The van der Waals surface area contributed by atoms with Gasteiger partial charge in [0.2, 0.25) is 0 Å². The zero-order chi connectivity index (χ0) is 14.5. The van der Waals surface area contributed by atoms with Crippen LogP contribution in [0.4, 0.5) is 4.39 Å². The Morgan fingerprint density at radius 3 is 2.70 bits per heavy atom. The van der Waals surface area contributed by atoms with Crippen molar-refractivity contribution in [2.45, 2.75) is 19.3 Å². The molecule has 0 aliphatic rings. The van der Waals surface area contributed by atoms with Crippen molar-refractivity contribution in [3.8, 4) is 0 Å². The van der Waals surface area contributed by atoms with Gasteiger partial charge in [-0.25, -0.2) is 4.39 Å². The van der Waals surface area contributed by atoms with Gasteiger partial charge in [-0.05, 0) is 30.2 Å². The smallest absolute Gasteiger partial charge is 0.254 e. The van der Waals surface area contributed by atoms with Crippen molar-refractivity contribution in [2.24, 2.45) is 0 Å². The van der Waals surface area contributed by atoms with Crippen LogP contribution in [0.3, 0.4) is 0 Å². The lowest BCUT2D eigenvalue weighted by Gasteiger charge is -2.08. The van der Waals surface area contributed by atoms with E-state index in [2.05, 4.69) is 5.32 Å². The molecule has 0 saturated carbocycles. The lowest BCUT2D eigenvalue weighted by Crippen LogP contribution is -2.24. The van der Waals surface area contributed by atoms with E-state index in [1.165, 1.54) is 6.07 Å². The molecule has 2 nitrogen and oxygen atoms in total. The zero-order valence-electron chi connectivity index (χ0n) is 11.1. The Kier molecular flexibility index (Phi) is 4.74. The van der Waals surface area contributed by atoms with Gasteiger partial charge in [-0.3, -0.25) is 4.79 Å². The third-order valence-corrected chi connectivity index (χ3v) is 3.27. The van der Waals surface area contributed by atoms with Crippen molar-refractivity contribution in [1.82, 2.24) is 5.32 Å². The fourth-order valence-corrected chi connectivity index (χ4v) is 2.08. The summed E-state index contributed by atoms with van der Waals surface area (Å²) in [5, 5.41) is 2.71. The Labute approximate surface area is 122 Å². The molecule has 0 heterocycles. The summed E-state index contributed by atoms with van der Waals surface area (Å²) in [7, 11) is 0. The molecule has 0 fully saturated rings. The van der Waals surface area contributed by atoms with E-state index >= 15 is 0 Å². The average Bonchev–Trinajstić information content (AvgIpc) is 2.47. The molecule has 4 heteroatoms. The SMILES string of the molecule is Cc1ccc(F)c(C(=O)NCc2cccc(CCl)c2)c1. The molecule has 0 spiro atoms. The molecule has 0 bridgehead atoms. The van der Waals surface area contributed by atoms with Crippen LogP contribution in [0.15, 0.2) is 42.5 Å². The van der Waals surface area contributed by atoms with Gasteiger partial charge in [0.1, 0.15) is 5.82 Å². The van der Waals surface area contributed by atoms with Gasteiger partial charge in [0.15, 0.2) is 0 Å². The highest BCUT2D eigenvalue weighted by molar-refractivity contribution is 6.17. The maximum atomic E-state index is 13.6. The quantitative estimate of drug-likeness (QED) is 0.853. The van der Waals surface area contributed by atoms with Crippen molar-refractivity contribution in [3.63, 3.8) is 0 Å². The first kappa shape index (κ1) is 14.5. The van der Waals surface area contributed by atoms with E-state index in [1.807, 2.05) is 31.2 Å². The molecule has 0 saturated heterocycles. The highest BCUT2D eigenvalue weighted by Crippen LogP contribution is 2.11. The van der Waals surface area contributed by atoms with Crippen LogP contribution in [0, 0.1) is 12.7 Å². The Balaban J connectivity index is 2.06. The first-order valence-corrected chi connectivity index (χ1v) is 6.81. The number of halogens is 2. The van der Waals surface area contributed by atoms with Crippen molar-refractivity contribution in [2.75, 3.05) is 0 Å². The first-order chi connectivity index (χ1) is 9.60. The van der Waals surface area contributed by atoms with Crippen LogP contribution in [0.2, 0.25) is 0 Å². The number of carbonyl (C=O) groups is 1. The molecule has 0 aliphatic heterocycles. The predicted molar refractivity (Wildman–Crippen MR) is 78.3 cm³/mol. The number of aryl methyl sites for hydroxylation is 1. The maximum Gasteiger partial charge on any atom is 0.254 e. The fourth-order valence-electron chi connectivity index (χ4n) is 1.91. The van der Waals surface area contributed by atoms with Gasteiger partial charge in [0.25, 0.3) is 5.91 Å². The first-order valence-electron chi connectivity index (χ1n) is 6.28. The minimum atomic E-state index is -0.511. The van der Waals surface area contributed by atoms with E-state index in [-0.39, 0.29) is 5.56 Å². The van der Waals surface area contributed by atoms with Gasteiger partial charge >= 0.3 is 0 Å². The summed E-state index contributed by atoms with van der Waals surface area (Å²) in [5.41, 5.74) is 2.84. The molecule has 104 valence electrons. The number of benzene rings is 2. The van der Waals surface area contributed by atoms with Gasteiger partial charge in [-0.15, -0.1) is 11.6 Å². The molecule has 0 radical (unpaired) electrons. The van der Waals surface area contributed by atoms with Crippen LogP contribution < -0.4 is 5.32 Å². The van der Waals surface area contributed by atoms with E-state index in [0.29, 0.717) is 12.4 Å². The molecule has 20 heavy (non-hydrogen) atoms. The third-order valence-electron chi connectivity index (χ3n) is 2.97. The van der Waals surface area contributed by atoms with Crippen molar-refractivity contribution >= 4 is 17.5 Å². The highest BCUT2D eigenvalue weighted by Gasteiger charge is 2.11. The molecule has 0 aromatic heterocycles. The number of alkyl halides is 1. The minimum Gasteiger partial charge on any atom is -0.348 e. The molecular formula is C16H15ClFNO. The summed E-state index contributed by atoms with van der Waals surface area (Å²) in [6, 6.07) is 12.1. The molecule has 1 amide bonds. The average molecular weight is 292 g/mol. The monoisotopic (exact) mass is 291 g/mol. The van der Waals surface area contributed by atoms with E-state index in [1.54, 1.807) is 12.1 Å². The van der Waals surface area contributed by atoms with E-state index < -0.39 is 11.7 Å². The topological polar surface area (TPSA) is 29.1 Å². The summed E-state index contributed by atoms with van der Waals surface area (Å²) in [6.45, 7) is 2.16. The second-order valence-corrected chi connectivity index (χ2v) is 4.89. The van der Waals surface area contributed by atoms with Crippen molar-refractivity contribution in [1.29, 1.82) is 0 Å². The molecule has 0 atom stereocenters. The Hall–Kier alpha value is -1.87. The van der Waals surface area contributed by atoms with Crippen LogP contribution in [0.1, 0.15) is 27.0 Å². The van der Waals surface area contributed by atoms with Gasteiger partial charge in [0.05, 0.1) is 5.56 Å². The Bertz CT molecular complexity index is 628. The Morgan fingerprint density at radius 1 is 1.20 bits per heavy atom.